The number of Topliss-reactive ketones (excluding diaryl/α,β-unsaturated/α-hetero) is 4. The Morgan fingerprint density at radius 1 is 0.744 bits per heavy atom. The lowest BCUT2D eigenvalue weighted by Crippen LogP contribution is -2.48. The third kappa shape index (κ3) is 19.9. The van der Waals surface area contributed by atoms with Crippen molar-refractivity contribution in [2.24, 2.45) is 17.8 Å². The Bertz CT molecular complexity index is 3100. The van der Waals surface area contributed by atoms with E-state index in [0.717, 1.165) is 0 Å². The highest BCUT2D eigenvalue weighted by molar-refractivity contribution is 6.09. The normalized spacial score (nSPS) is 13.1. The molecule has 0 saturated heterocycles. The van der Waals surface area contributed by atoms with Gasteiger partial charge < -0.3 is 65.3 Å². The average molecular weight is 1140 g/mol. The highest BCUT2D eigenvalue weighted by atomic mass is 16.5. The summed E-state index contributed by atoms with van der Waals surface area (Å²) in [7, 11) is 1.34. The molecule has 82 heavy (non-hydrogen) atoms. The van der Waals surface area contributed by atoms with Crippen LogP contribution in [0.5, 0.6) is 5.75 Å². The molecule has 4 amide bonds. The first-order valence-corrected chi connectivity index (χ1v) is 26.4. The van der Waals surface area contributed by atoms with Crippen molar-refractivity contribution in [3.63, 3.8) is 0 Å². The van der Waals surface area contributed by atoms with Gasteiger partial charge in [-0.25, -0.2) is 9.78 Å². The lowest BCUT2D eigenvalue weighted by Gasteiger charge is -2.24. The Labute approximate surface area is 470 Å². The van der Waals surface area contributed by atoms with Crippen molar-refractivity contribution in [3.8, 4) is 28.2 Å². The summed E-state index contributed by atoms with van der Waals surface area (Å²) in [5, 5.41) is 51.4. The number of phenolic OH excluding ortho intramolecular Hbond substituents is 1. The minimum Gasteiger partial charge on any atom is -0.508 e. The molecule has 0 saturated carbocycles. The number of unbranched alkanes of at least 4 members (excludes halogenated alkanes) is 1. The number of ketones is 4. The summed E-state index contributed by atoms with van der Waals surface area (Å²) >= 11 is 0. The van der Waals surface area contributed by atoms with Gasteiger partial charge in [0, 0.05) is 117 Å². The molecule has 1 aliphatic heterocycles. The molecule has 5 rings (SSSR count). The van der Waals surface area contributed by atoms with Gasteiger partial charge in [0.1, 0.15) is 36.9 Å². The number of phenols is 1. The first-order valence-electron chi connectivity index (χ1n) is 26.4. The standard InChI is InChI=1S/C57H68N6O19/c1-32(64)28-80-18-16-61-55(75)36(8-14-51(71)72)22-48(70)47(23-37-27-58-31-62-37)63-56(76)45(33(2)65)24-41(69)30-81-19-17-60-53(73)34(20-40(68)29-79-3)6-4-5-15-59-54(74)35-7-11-42(57(77)78)46(21-35)52-43-12-9-38(66)25-49(43)82-50-26-39(67)10-13-44(50)52/h7,9-13,21,25-27,31,33-34,36,45,47,65-66H,4-6,8,14-20,22-24,28-30H2,1-3H3,(H,58,62)(H,59,74)(H,60,73)(H,61,75)(H,63,76)(H,71,72)(H,77,78)/t33-,34-,36-,45+,47+/m0/s1. The summed E-state index contributed by atoms with van der Waals surface area (Å²) in [4.78, 5) is 147. The van der Waals surface area contributed by atoms with E-state index < -0.39 is 103 Å². The summed E-state index contributed by atoms with van der Waals surface area (Å²) in [5.41, 5.74) is 1.14. The van der Waals surface area contributed by atoms with E-state index in [1.165, 1.54) is 82.0 Å². The Morgan fingerprint density at radius 2 is 1.44 bits per heavy atom. The van der Waals surface area contributed by atoms with Gasteiger partial charge in [-0.3, -0.25) is 47.9 Å². The van der Waals surface area contributed by atoms with Crippen LogP contribution in [0.25, 0.3) is 33.4 Å². The molecule has 440 valence electrons. The highest BCUT2D eigenvalue weighted by Gasteiger charge is 2.33. The third-order valence-electron chi connectivity index (χ3n) is 13.1. The van der Waals surface area contributed by atoms with Crippen LogP contribution < -0.4 is 26.7 Å². The van der Waals surface area contributed by atoms with Crippen molar-refractivity contribution >= 4 is 69.7 Å². The zero-order chi connectivity index (χ0) is 59.9. The van der Waals surface area contributed by atoms with Gasteiger partial charge in [-0.15, -0.1) is 0 Å². The van der Waals surface area contributed by atoms with Crippen molar-refractivity contribution in [2.45, 2.75) is 83.8 Å². The maximum atomic E-state index is 13.8. The van der Waals surface area contributed by atoms with Crippen LogP contribution in [0, 0.1) is 17.8 Å². The van der Waals surface area contributed by atoms with Gasteiger partial charge in [0.2, 0.25) is 17.7 Å². The van der Waals surface area contributed by atoms with E-state index in [0.29, 0.717) is 35.0 Å². The molecule has 1 aromatic heterocycles. The fraction of sp³-hybridized carbons (Fsp3) is 0.439. The zero-order valence-electron chi connectivity index (χ0n) is 45.6. The predicted molar refractivity (Wildman–Crippen MR) is 292 cm³/mol. The third-order valence-corrected chi connectivity index (χ3v) is 13.1. The number of aliphatic hydroxyl groups excluding tert-OH is 1. The van der Waals surface area contributed by atoms with E-state index in [4.69, 9.17) is 18.6 Å². The maximum absolute atomic E-state index is 13.8. The number of aromatic carboxylic acids is 1. The zero-order valence-corrected chi connectivity index (χ0v) is 45.6. The number of aliphatic carboxylic acids is 1. The topological polar surface area (TPSA) is 386 Å². The van der Waals surface area contributed by atoms with Gasteiger partial charge in [-0.2, -0.15) is 0 Å². The second kappa shape index (κ2) is 32.1. The van der Waals surface area contributed by atoms with Crippen molar-refractivity contribution in [3.05, 3.63) is 94.2 Å². The van der Waals surface area contributed by atoms with Gasteiger partial charge in [-0.05, 0) is 81.1 Å². The van der Waals surface area contributed by atoms with Crippen LogP contribution in [0.15, 0.2) is 76.3 Å². The number of carboxylic acids is 2. The predicted octanol–water partition coefficient (Wildman–Crippen LogP) is 2.79. The lowest BCUT2D eigenvalue weighted by atomic mass is 9.89. The second-order valence-corrected chi connectivity index (χ2v) is 19.6. The summed E-state index contributed by atoms with van der Waals surface area (Å²) in [6, 6.07) is 11.1. The Balaban J connectivity index is 1.12. The molecule has 0 spiro atoms. The molecule has 5 atom stereocenters. The summed E-state index contributed by atoms with van der Waals surface area (Å²) in [6.45, 7) is 1.52. The van der Waals surface area contributed by atoms with E-state index in [1.807, 2.05) is 0 Å². The first kappa shape index (κ1) is 64.3. The van der Waals surface area contributed by atoms with Crippen molar-refractivity contribution < 1.29 is 87.0 Å². The maximum Gasteiger partial charge on any atom is 0.336 e. The molecule has 0 bridgehead atoms. The van der Waals surface area contributed by atoms with Crippen LogP contribution >= 0.6 is 0 Å². The van der Waals surface area contributed by atoms with Gasteiger partial charge in [0.15, 0.2) is 28.6 Å². The highest BCUT2D eigenvalue weighted by Crippen LogP contribution is 2.42. The molecule has 1 aliphatic carbocycles. The van der Waals surface area contributed by atoms with Crippen molar-refractivity contribution in [1.29, 1.82) is 0 Å². The monoisotopic (exact) mass is 1140 g/mol. The molecule has 9 N–H and O–H groups in total. The number of benzene rings is 3. The Morgan fingerprint density at radius 3 is 2.09 bits per heavy atom. The molecule has 2 heterocycles. The van der Waals surface area contributed by atoms with Gasteiger partial charge in [0.05, 0.1) is 43.2 Å². The van der Waals surface area contributed by atoms with Crippen LogP contribution in [-0.4, -0.2) is 161 Å². The molecule has 3 aromatic rings. The van der Waals surface area contributed by atoms with Crippen molar-refractivity contribution in [2.75, 3.05) is 59.8 Å². The quantitative estimate of drug-likeness (QED) is 0.0204. The number of amides is 4. The molecule has 25 heteroatoms. The number of nitrogens with zero attached hydrogens (tertiary/aromatic N) is 1. The van der Waals surface area contributed by atoms with E-state index in [2.05, 4.69) is 31.2 Å². The van der Waals surface area contributed by atoms with E-state index >= 15 is 0 Å². The number of aromatic amines is 1. The molecular weight excluding hydrogens is 1070 g/mol. The minimum atomic E-state index is -1.39. The fourth-order valence-electron chi connectivity index (χ4n) is 8.99. The van der Waals surface area contributed by atoms with Crippen LogP contribution in [-0.2, 0) is 59.0 Å². The number of aromatic nitrogens is 2. The van der Waals surface area contributed by atoms with Gasteiger partial charge in [-0.1, -0.05) is 6.42 Å². The largest absolute Gasteiger partial charge is 0.508 e. The number of aliphatic hydroxyl groups is 1. The summed E-state index contributed by atoms with van der Waals surface area (Å²) in [6.07, 6.45) is 0.398. The SMILES string of the molecule is COCC(=O)C[C@H](CCCCNC(=O)c1ccc(C(=O)O)c(-c2c3ccc(=O)cc-3oc3cc(O)ccc23)c1)C(=O)NCCOCC(=O)C[C@@H](C(=O)N[C@H](Cc1cnc[nH]1)C(=O)C[C@H](CCC(=O)O)C(=O)NCCOCC(C)=O)[C@H](C)O. The van der Waals surface area contributed by atoms with Crippen LogP contribution in [0.2, 0.25) is 0 Å². The number of hydrogen-bond acceptors (Lipinski definition) is 18. The average Bonchev–Trinajstić information content (AvgIpc) is 2.02. The van der Waals surface area contributed by atoms with Crippen molar-refractivity contribution in [1.82, 2.24) is 31.2 Å². The molecule has 25 nitrogen and oxygen atoms in total. The Kier molecular flexibility index (Phi) is 25.1. The number of rotatable bonds is 37. The number of carbonyl (C=O) groups is 10. The smallest absolute Gasteiger partial charge is 0.336 e. The van der Waals surface area contributed by atoms with Gasteiger partial charge >= 0.3 is 11.9 Å². The number of fused-ring (bicyclic) bond motifs is 2. The molecule has 0 unspecified atom stereocenters. The first-order chi connectivity index (χ1) is 39.1. The number of carbonyl (C=O) groups excluding carboxylic acids is 8. The number of aromatic hydroxyl groups is 1. The fourth-order valence-corrected chi connectivity index (χ4v) is 8.99. The van der Waals surface area contributed by atoms with Crippen LogP contribution in [0.3, 0.4) is 0 Å². The lowest BCUT2D eigenvalue weighted by molar-refractivity contribution is -0.138. The number of methoxy groups -OCH3 is 1. The molecular formula is C57H68N6O19. The number of ether oxygens (including phenoxy) is 3. The number of nitrogens with one attached hydrogen (secondary N) is 5. The van der Waals surface area contributed by atoms with E-state index in [9.17, 15) is 73.2 Å². The van der Waals surface area contributed by atoms with Gasteiger partial charge in [0.25, 0.3) is 5.91 Å². The number of carboxylic acid groups (broad SMARTS) is 2. The molecule has 0 fully saturated rings. The summed E-state index contributed by atoms with van der Waals surface area (Å²) in [5.74, 6) is -10.1. The number of H-pyrrole nitrogens is 1. The number of hydrogen-bond donors (Lipinski definition) is 9. The van der Waals surface area contributed by atoms with E-state index in [-0.39, 0.29) is 123 Å². The minimum absolute atomic E-state index is 0.0181. The molecule has 0 radical (unpaired) electrons. The molecule has 2 aromatic carbocycles. The van der Waals surface area contributed by atoms with Crippen LogP contribution in [0.4, 0.5) is 0 Å². The van der Waals surface area contributed by atoms with Crippen LogP contribution in [0.1, 0.15) is 91.6 Å². The second-order valence-electron chi connectivity index (χ2n) is 19.6. The summed E-state index contributed by atoms with van der Waals surface area (Å²) < 4.78 is 21.5. The molecule has 2 aliphatic rings. The van der Waals surface area contributed by atoms with E-state index in [1.54, 1.807) is 6.07 Å². The Hall–Kier alpha value is -8.52. The number of imidazole rings is 1.